The average molecular weight is 412 g/mol. The van der Waals surface area contributed by atoms with E-state index in [4.69, 9.17) is 4.74 Å². The highest BCUT2D eigenvalue weighted by atomic mass is 19.4. The number of rotatable bonds is 4. The van der Waals surface area contributed by atoms with Gasteiger partial charge in [0, 0.05) is 24.7 Å². The Hall–Kier alpha value is -2.59. The van der Waals surface area contributed by atoms with Crippen molar-refractivity contribution in [1.82, 2.24) is 20.0 Å². The number of halogens is 3. The van der Waals surface area contributed by atoms with Crippen molar-refractivity contribution in [3.8, 4) is 5.75 Å². The Labute approximate surface area is 166 Å². The van der Waals surface area contributed by atoms with Crippen LogP contribution in [-0.4, -0.2) is 64.8 Å². The Morgan fingerprint density at radius 3 is 2.69 bits per heavy atom. The molecule has 0 saturated heterocycles. The molecule has 1 aromatic carbocycles. The van der Waals surface area contributed by atoms with Gasteiger partial charge in [0.2, 0.25) is 0 Å². The number of alkyl halides is 3. The number of amides is 1. The summed E-state index contributed by atoms with van der Waals surface area (Å²) in [7, 11) is 3.70. The highest BCUT2D eigenvalue weighted by molar-refractivity contribution is 5.92. The van der Waals surface area contributed by atoms with Crippen molar-refractivity contribution in [2.24, 2.45) is 0 Å². The minimum absolute atomic E-state index is 0.133. The van der Waals surface area contributed by atoms with Crippen molar-refractivity contribution >= 4 is 5.91 Å². The van der Waals surface area contributed by atoms with E-state index < -0.39 is 23.4 Å². The molecule has 1 atom stereocenters. The first-order valence-corrected chi connectivity index (χ1v) is 9.02. The number of H-pyrrole nitrogens is 1. The van der Waals surface area contributed by atoms with Gasteiger partial charge in [0.15, 0.2) is 5.69 Å². The molecular weight excluding hydrogens is 389 g/mol. The summed E-state index contributed by atoms with van der Waals surface area (Å²) in [5, 5.41) is 16.1. The number of hydrogen-bond donors (Lipinski definition) is 2. The molecule has 1 aliphatic rings. The molecular formula is C19H23F3N4O3. The third-order valence-corrected chi connectivity index (χ3v) is 4.68. The Balaban J connectivity index is 1.85. The van der Waals surface area contributed by atoms with Crippen molar-refractivity contribution < 1.29 is 27.8 Å². The number of nitrogens with zero attached hydrogens (tertiary/aromatic N) is 3. The lowest BCUT2D eigenvalue weighted by Crippen LogP contribution is -2.35. The molecule has 1 aliphatic heterocycles. The van der Waals surface area contributed by atoms with E-state index in [0.717, 1.165) is 0 Å². The lowest BCUT2D eigenvalue weighted by Gasteiger charge is -2.28. The predicted octanol–water partition coefficient (Wildman–Crippen LogP) is 2.23. The first kappa shape index (κ1) is 21.1. The fraction of sp³-hybridized carbons (Fsp3) is 0.474. The quantitative estimate of drug-likeness (QED) is 0.805. The summed E-state index contributed by atoms with van der Waals surface area (Å²) in [5.41, 5.74) is -1.18. The molecule has 2 aromatic rings. The molecule has 1 aromatic heterocycles. The maximum absolute atomic E-state index is 12.8. The molecule has 29 heavy (non-hydrogen) atoms. The molecule has 0 aliphatic carbocycles. The number of fused-ring (bicyclic) bond motifs is 1. The Bertz CT molecular complexity index is 893. The van der Waals surface area contributed by atoms with Crippen molar-refractivity contribution in [3.63, 3.8) is 0 Å². The first-order valence-electron chi connectivity index (χ1n) is 9.02. The Kier molecular flexibility index (Phi) is 5.59. The second kappa shape index (κ2) is 7.68. The highest BCUT2D eigenvalue weighted by Crippen LogP contribution is 2.31. The summed E-state index contributed by atoms with van der Waals surface area (Å²) in [6, 6.07) is 5.96. The summed E-state index contributed by atoms with van der Waals surface area (Å²) >= 11 is 0. The van der Waals surface area contributed by atoms with Gasteiger partial charge in [0.1, 0.15) is 18.1 Å². The molecule has 0 radical (unpaired) electrons. The Morgan fingerprint density at radius 2 is 2.07 bits per heavy atom. The van der Waals surface area contributed by atoms with Gasteiger partial charge >= 0.3 is 6.18 Å². The van der Waals surface area contributed by atoms with Gasteiger partial charge in [0.05, 0.1) is 12.1 Å². The van der Waals surface area contributed by atoms with Gasteiger partial charge in [-0.25, -0.2) is 0 Å². The number of carbonyl (C=O) groups is 1. The third-order valence-electron chi connectivity index (χ3n) is 4.68. The van der Waals surface area contributed by atoms with Crippen molar-refractivity contribution in [2.75, 3.05) is 33.8 Å². The van der Waals surface area contributed by atoms with E-state index in [2.05, 4.69) is 5.10 Å². The summed E-state index contributed by atoms with van der Waals surface area (Å²) < 4.78 is 44.0. The van der Waals surface area contributed by atoms with Crippen LogP contribution >= 0.6 is 0 Å². The number of benzene rings is 1. The van der Waals surface area contributed by atoms with Gasteiger partial charge in [-0.2, -0.15) is 18.3 Å². The zero-order valence-electron chi connectivity index (χ0n) is 16.4. The van der Waals surface area contributed by atoms with Gasteiger partial charge in [-0.05, 0) is 38.7 Å². The molecule has 1 amide bonds. The van der Waals surface area contributed by atoms with Crippen LogP contribution < -0.4 is 4.74 Å². The summed E-state index contributed by atoms with van der Waals surface area (Å²) in [4.78, 5) is 15.9. The number of ether oxygens (including phenoxy) is 1. The van der Waals surface area contributed by atoms with Crippen molar-refractivity contribution in [2.45, 2.75) is 25.2 Å². The molecule has 0 spiro atoms. The van der Waals surface area contributed by atoms with Gasteiger partial charge in [-0.15, -0.1) is 0 Å². The van der Waals surface area contributed by atoms with Crippen molar-refractivity contribution in [3.05, 3.63) is 46.8 Å². The van der Waals surface area contributed by atoms with Crippen molar-refractivity contribution in [1.29, 1.82) is 0 Å². The van der Waals surface area contributed by atoms with Gasteiger partial charge in [-0.1, -0.05) is 6.07 Å². The molecule has 0 bridgehead atoms. The SMILES string of the molecule is CN(C)CC(C)(O)c1ccc2c(c1)CN(C(=O)c1cc(C(F)(F)F)[nH]n1)CCO2. The maximum atomic E-state index is 12.8. The van der Waals surface area contributed by atoms with Crippen LogP contribution in [0.15, 0.2) is 24.3 Å². The van der Waals surface area contributed by atoms with E-state index in [-0.39, 0.29) is 25.4 Å². The summed E-state index contributed by atoms with van der Waals surface area (Å²) in [5.74, 6) is -0.0543. The topological polar surface area (TPSA) is 81.7 Å². The number of carbonyl (C=O) groups excluding carboxylic acids is 1. The van der Waals surface area contributed by atoms with Crippen LogP contribution in [0.2, 0.25) is 0 Å². The number of likely N-dealkylation sites (N-methyl/N-ethyl adjacent to an activating group) is 1. The van der Waals surface area contributed by atoms with Crippen LogP contribution in [0.5, 0.6) is 5.75 Å². The normalized spacial score (nSPS) is 16.8. The smallest absolute Gasteiger partial charge is 0.432 e. The second-order valence-corrected chi connectivity index (χ2v) is 7.57. The standard InChI is InChI=1S/C19H23F3N4O3/c1-18(28,11-25(2)3)13-4-5-15-12(8-13)10-26(6-7-29-15)17(27)14-9-16(24-23-14)19(20,21)22/h4-5,8-9,28H,6-7,10-11H2,1-3H3,(H,23,24). The number of nitrogens with one attached hydrogen (secondary N) is 1. The molecule has 2 heterocycles. The monoisotopic (exact) mass is 412 g/mol. The third kappa shape index (κ3) is 4.70. The minimum Gasteiger partial charge on any atom is -0.491 e. The maximum Gasteiger partial charge on any atom is 0.432 e. The highest BCUT2D eigenvalue weighted by Gasteiger charge is 2.35. The van der Waals surface area contributed by atoms with E-state index in [1.54, 1.807) is 25.1 Å². The van der Waals surface area contributed by atoms with Crippen LogP contribution in [0, 0.1) is 0 Å². The van der Waals surface area contributed by atoms with Crippen LogP contribution in [0.3, 0.4) is 0 Å². The van der Waals surface area contributed by atoms with Crippen LogP contribution in [0.4, 0.5) is 13.2 Å². The molecule has 0 saturated carbocycles. The summed E-state index contributed by atoms with van der Waals surface area (Å²) in [6.07, 6.45) is -4.60. The molecule has 10 heteroatoms. The van der Waals surface area contributed by atoms with Crippen LogP contribution in [-0.2, 0) is 18.3 Å². The molecule has 1 unspecified atom stereocenters. The van der Waals surface area contributed by atoms with E-state index in [0.29, 0.717) is 29.5 Å². The average Bonchev–Trinajstić information content (AvgIpc) is 3.01. The fourth-order valence-electron chi connectivity index (χ4n) is 3.35. The molecule has 158 valence electrons. The first-order chi connectivity index (χ1) is 13.5. The molecule has 3 rings (SSSR count). The molecule has 7 nitrogen and oxygen atoms in total. The molecule has 2 N–H and O–H groups in total. The summed E-state index contributed by atoms with van der Waals surface area (Å²) in [6.45, 7) is 2.61. The van der Waals surface area contributed by atoms with Crippen LogP contribution in [0.25, 0.3) is 0 Å². The van der Waals surface area contributed by atoms with E-state index in [1.165, 1.54) is 4.90 Å². The Morgan fingerprint density at radius 1 is 1.34 bits per heavy atom. The lowest BCUT2D eigenvalue weighted by molar-refractivity contribution is -0.141. The van der Waals surface area contributed by atoms with Gasteiger partial charge < -0.3 is 19.6 Å². The van der Waals surface area contributed by atoms with E-state index in [1.807, 2.05) is 24.1 Å². The predicted molar refractivity (Wildman–Crippen MR) is 98.4 cm³/mol. The number of aromatic nitrogens is 2. The van der Waals surface area contributed by atoms with E-state index >= 15 is 0 Å². The molecule has 0 fully saturated rings. The zero-order valence-corrected chi connectivity index (χ0v) is 16.4. The van der Waals surface area contributed by atoms with E-state index in [9.17, 15) is 23.1 Å². The number of aromatic amines is 1. The van der Waals surface area contributed by atoms with Crippen LogP contribution in [0.1, 0.15) is 34.2 Å². The lowest BCUT2D eigenvalue weighted by atomic mass is 9.93. The zero-order chi connectivity index (χ0) is 21.4. The minimum atomic E-state index is -4.60. The fourth-order valence-corrected chi connectivity index (χ4v) is 3.35. The number of hydrogen-bond acceptors (Lipinski definition) is 5. The number of aliphatic hydroxyl groups is 1. The van der Waals surface area contributed by atoms with Gasteiger partial charge in [-0.3, -0.25) is 9.89 Å². The second-order valence-electron chi connectivity index (χ2n) is 7.57. The van der Waals surface area contributed by atoms with Gasteiger partial charge in [0.25, 0.3) is 5.91 Å². The largest absolute Gasteiger partial charge is 0.491 e.